The van der Waals surface area contributed by atoms with Gasteiger partial charge in [0.2, 0.25) is 0 Å². The Morgan fingerprint density at radius 2 is 1.52 bits per heavy atom. The first kappa shape index (κ1) is 22.2. The van der Waals surface area contributed by atoms with E-state index < -0.39 is 12.0 Å². The minimum absolute atomic E-state index is 0.0123. The van der Waals surface area contributed by atoms with E-state index in [2.05, 4.69) is 5.32 Å². The van der Waals surface area contributed by atoms with Crippen molar-refractivity contribution in [3.8, 4) is 11.5 Å². The summed E-state index contributed by atoms with van der Waals surface area (Å²) in [4.78, 5) is 24.8. The van der Waals surface area contributed by atoms with Crippen LogP contribution in [0.1, 0.15) is 31.1 Å². The first-order chi connectivity index (χ1) is 13.9. The van der Waals surface area contributed by atoms with Gasteiger partial charge in [0.05, 0.1) is 6.61 Å². The number of benzene rings is 2. The molecular formula is C22H26FNO5. The van der Waals surface area contributed by atoms with Crippen molar-refractivity contribution in [2.45, 2.75) is 26.8 Å². The fourth-order valence-electron chi connectivity index (χ4n) is 2.51. The van der Waals surface area contributed by atoms with Crippen molar-refractivity contribution in [2.75, 3.05) is 19.8 Å². The summed E-state index contributed by atoms with van der Waals surface area (Å²) in [7, 11) is 0. The van der Waals surface area contributed by atoms with Gasteiger partial charge in [-0.05, 0) is 61.4 Å². The minimum Gasteiger partial charge on any atom is -0.494 e. The standard InChI is InChI=1S/C22H26FNO5/c1-4-27-18-9-5-16(6-10-18)21(25)24-20(15(2)3)22(26)29-14-13-28-19-11-7-17(23)8-12-19/h5-12,15,20H,4,13-14H2,1-3H3,(H,24,25)/t20-/m0/s1. The number of nitrogens with one attached hydrogen (secondary N) is 1. The summed E-state index contributed by atoms with van der Waals surface area (Å²) in [5.74, 6) is -0.274. The van der Waals surface area contributed by atoms with Crippen LogP contribution in [0.25, 0.3) is 0 Å². The minimum atomic E-state index is -0.792. The number of esters is 1. The second-order valence-corrected chi connectivity index (χ2v) is 6.62. The number of hydrogen-bond donors (Lipinski definition) is 1. The van der Waals surface area contributed by atoms with Gasteiger partial charge in [-0.2, -0.15) is 0 Å². The summed E-state index contributed by atoms with van der Waals surface area (Å²) < 4.78 is 28.8. The lowest BCUT2D eigenvalue weighted by atomic mass is 10.0. The molecular weight excluding hydrogens is 377 g/mol. The van der Waals surface area contributed by atoms with Crippen LogP contribution in [-0.2, 0) is 9.53 Å². The molecule has 2 aromatic rings. The molecule has 1 amide bonds. The molecule has 0 saturated carbocycles. The Balaban J connectivity index is 1.84. The predicted molar refractivity (Wildman–Crippen MR) is 107 cm³/mol. The largest absolute Gasteiger partial charge is 0.494 e. The fraction of sp³-hybridized carbons (Fsp3) is 0.364. The number of carbonyl (C=O) groups excluding carboxylic acids is 2. The van der Waals surface area contributed by atoms with Crippen LogP contribution < -0.4 is 14.8 Å². The fourth-order valence-corrected chi connectivity index (χ4v) is 2.51. The van der Waals surface area contributed by atoms with Gasteiger partial charge in [0.25, 0.3) is 5.91 Å². The van der Waals surface area contributed by atoms with Crippen LogP contribution in [0.5, 0.6) is 11.5 Å². The van der Waals surface area contributed by atoms with E-state index >= 15 is 0 Å². The van der Waals surface area contributed by atoms with Crippen molar-refractivity contribution < 1.29 is 28.2 Å². The molecule has 7 heteroatoms. The van der Waals surface area contributed by atoms with Gasteiger partial charge in [-0.3, -0.25) is 4.79 Å². The van der Waals surface area contributed by atoms with Gasteiger partial charge < -0.3 is 19.5 Å². The molecule has 0 saturated heterocycles. The molecule has 2 rings (SSSR count). The van der Waals surface area contributed by atoms with Crippen LogP contribution in [0.2, 0.25) is 0 Å². The Labute approximate surface area is 170 Å². The zero-order chi connectivity index (χ0) is 21.2. The van der Waals surface area contributed by atoms with E-state index in [0.717, 1.165) is 0 Å². The number of ether oxygens (including phenoxy) is 3. The van der Waals surface area contributed by atoms with Crippen molar-refractivity contribution in [1.29, 1.82) is 0 Å². The molecule has 0 unspecified atom stereocenters. The number of halogens is 1. The topological polar surface area (TPSA) is 73.9 Å². The Kier molecular flexibility index (Phi) is 8.45. The Bertz CT molecular complexity index is 790. The van der Waals surface area contributed by atoms with Crippen LogP contribution in [0.4, 0.5) is 4.39 Å². The maximum atomic E-state index is 12.9. The number of carbonyl (C=O) groups is 2. The van der Waals surface area contributed by atoms with Gasteiger partial charge in [0.1, 0.15) is 36.6 Å². The van der Waals surface area contributed by atoms with Crippen LogP contribution in [0.3, 0.4) is 0 Å². The van der Waals surface area contributed by atoms with E-state index in [9.17, 15) is 14.0 Å². The molecule has 0 aliphatic heterocycles. The van der Waals surface area contributed by atoms with Crippen LogP contribution in [0, 0.1) is 11.7 Å². The van der Waals surface area contributed by atoms with E-state index in [1.165, 1.54) is 24.3 Å². The molecule has 29 heavy (non-hydrogen) atoms. The Hall–Kier alpha value is -3.09. The molecule has 0 aliphatic rings. The summed E-state index contributed by atoms with van der Waals surface area (Å²) in [6.45, 7) is 6.19. The highest BCUT2D eigenvalue weighted by molar-refractivity contribution is 5.96. The molecule has 1 N–H and O–H groups in total. The quantitative estimate of drug-likeness (QED) is 0.485. The third kappa shape index (κ3) is 7.10. The molecule has 156 valence electrons. The van der Waals surface area contributed by atoms with Gasteiger partial charge in [0, 0.05) is 5.56 Å². The zero-order valence-electron chi connectivity index (χ0n) is 16.8. The van der Waals surface area contributed by atoms with Gasteiger partial charge in [-0.15, -0.1) is 0 Å². The normalized spacial score (nSPS) is 11.6. The molecule has 0 radical (unpaired) electrons. The summed E-state index contributed by atoms with van der Waals surface area (Å²) >= 11 is 0. The van der Waals surface area contributed by atoms with E-state index in [4.69, 9.17) is 14.2 Å². The smallest absolute Gasteiger partial charge is 0.329 e. The highest BCUT2D eigenvalue weighted by Gasteiger charge is 2.26. The van der Waals surface area contributed by atoms with Crippen LogP contribution in [0.15, 0.2) is 48.5 Å². The van der Waals surface area contributed by atoms with Gasteiger partial charge in [-0.25, -0.2) is 9.18 Å². The molecule has 1 atom stereocenters. The van der Waals surface area contributed by atoms with Crippen molar-refractivity contribution in [1.82, 2.24) is 5.32 Å². The lowest BCUT2D eigenvalue weighted by molar-refractivity contribution is -0.147. The van der Waals surface area contributed by atoms with E-state index in [0.29, 0.717) is 23.7 Å². The molecule has 2 aromatic carbocycles. The van der Waals surface area contributed by atoms with Crippen LogP contribution >= 0.6 is 0 Å². The highest BCUT2D eigenvalue weighted by atomic mass is 19.1. The second kappa shape index (κ2) is 11.0. The summed E-state index contributed by atoms with van der Waals surface area (Å²) in [6, 6.07) is 11.4. The first-order valence-electron chi connectivity index (χ1n) is 9.49. The zero-order valence-corrected chi connectivity index (χ0v) is 16.8. The van der Waals surface area contributed by atoms with Crippen molar-refractivity contribution in [3.05, 3.63) is 59.9 Å². The SMILES string of the molecule is CCOc1ccc(C(=O)N[C@H](C(=O)OCCOc2ccc(F)cc2)C(C)C)cc1. The maximum Gasteiger partial charge on any atom is 0.329 e. The summed E-state index contributed by atoms with van der Waals surface area (Å²) in [6.07, 6.45) is 0. The van der Waals surface area contributed by atoms with Crippen molar-refractivity contribution in [2.24, 2.45) is 5.92 Å². The molecule has 0 fully saturated rings. The monoisotopic (exact) mass is 403 g/mol. The Morgan fingerprint density at radius 1 is 0.931 bits per heavy atom. The van der Waals surface area contributed by atoms with Crippen LogP contribution in [-0.4, -0.2) is 37.7 Å². The molecule has 0 aromatic heterocycles. The lowest BCUT2D eigenvalue weighted by Gasteiger charge is -2.21. The lowest BCUT2D eigenvalue weighted by Crippen LogP contribution is -2.45. The van der Waals surface area contributed by atoms with Crippen molar-refractivity contribution in [3.63, 3.8) is 0 Å². The van der Waals surface area contributed by atoms with E-state index in [1.54, 1.807) is 24.3 Å². The van der Waals surface area contributed by atoms with E-state index in [-0.39, 0.29) is 30.9 Å². The molecule has 6 nitrogen and oxygen atoms in total. The number of amides is 1. The third-order valence-corrected chi connectivity index (χ3v) is 4.04. The first-order valence-corrected chi connectivity index (χ1v) is 9.49. The summed E-state index contributed by atoms with van der Waals surface area (Å²) in [5, 5.41) is 2.71. The number of rotatable bonds is 10. The molecule has 0 bridgehead atoms. The average molecular weight is 403 g/mol. The molecule has 0 spiro atoms. The van der Waals surface area contributed by atoms with Gasteiger partial charge in [0.15, 0.2) is 0 Å². The molecule has 0 heterocycles. The average Bonchev–Trinajstić information content (AvgIpc) is 2.71. The summed E-state index contributed by atoms with van der Waals surface area (Å²) in [5.41, 5.74) is 0.423. The predicted octanol–water partition coefficient (Wildman–Crippen LogP) is 3.60. The maximum absolute atomic E-state index is 12.9. The van der Waals surface area contributed by atoms with E-state index in [1.807, 2.05) is 20.8 Å². The van der Waals surface area contributed by atoms with Crippen molar-refractivity contribution >= 4 is 11.9 Å². The third-order valence-electron chi connectivity index (χ3n) is 4.04. The second-order valence-electron chi connectivity index (χ2n) is 6.62. The van der Waals surface area contributed by atoms with Gasteiger partial charge >= 0.3 is 5.97 Å². The molecule has 0 aliphatic carbocycles. The van der Waals surface area contributed by atoms with Gasteiger partial charge in [-0.1, -0.05) is 13.8 Å². The highest BCUT2D eigenvalue weighted by Crippen LogP contribution is 2.14. The number of hydrogen-bond acceptors (Lipinski definition) is 5. The Morgan fingerprint density at radius 3 is 2.10 bits per heavy atom.